The molecule has 1 amide bonds. The van der Waals surface area contributed by atoms with Gasteiger partial charge in [0.05, 0.1) is 22.0 Å². The van der Waals surface area contributed by atoms with Gasteiger partial charge in [0.25, 0.3) is 11.6 Å². The fourth-order valence-electron chi connectivity index (χ4n) is 2.99. The molecule has 1 aromatic carbocycles. The monoisotopic (exact) mass is 384 g/mol. The van der Waals surface area contributed by atoms with Gasteiger partial charge in [-0.2, -0.15) is 0 Å². The van der Waals surface area contributed by atoms with Crippen molar-refractivity contribution in [3.8, 4) is 0 Å². The molecular weight excluding hydrogens is 364 g/mol. The number of nitro benzene ring substituents is 1. The van der Waals surface area contributed by atoms with E-state index < -0.39 is 39.3 Å². The first-order chi connectivity index (χ1) is 12.2. The number of carbonyl (C=O) groups is 2. The standard InChI is InChI=1S/C16H20N2O7S/c1-3-17(12-7-8-26(23,24)10-12)15(19)9-25-16(20)13-5-4-6-14(11(13)2)18(21)22/h4-6,12H,3,7-10H2,1-2H3/t12-/m0/s1. The number of amides is 1. The largest absolute Gasteiger partial charge is 0.452 e. The van der Waals surface area contributed by atoms with Gasteiger partial charge in [-0.25, -0.2) is 13.2 Å². The van der Waals surface area contributed by atoms with E-state index in [1.807, 2.05) is 0 Å². The zero-order valence-corrected chi connectivity index (χ0v) is 15.3. The molecule has 0 unspecified atom stereocenters. The van der Waals surface area contributed by atoms with Crippen LogP contribution in [-0.4, -0.2) is 60.8 Å². The van der Waals surface area contributed by atoms with Gasteiger partial charge in [-0.15, -0.1) is 0 Å². The van der Waals surface area contributed by atoms with Crippen LogP contribution in [0.5, 0.6) is 0 Å². The van der Waals surface area contributed by atoms with Crippen molar-refractivity contribution in [2.24, 2.45) is 0 Å². The van der Waals surface area contributed by atoms with E-state index >= 15 is 0 Å². The van der Waals surface area contributed by atoms with E-state index in [-0.39, 0.29) is 28.3 Å². The normalized spacial score (nSPS) is 18.3. The van der Waals surface area contributed by atoms with Gasteiger partial charge in [0.1, 0.15) is 0 Å². The molecule has 1 heterocycles. The predicted molar refractivity (Wildman–Crippen MR) is 92.6 cm³/mol. The van der Waals surface area contributed by atoms with Crippen LogP contribution >= 0.6 is 0 Å². The molecule has 1 aliphatic rings. The molecule has 1 saturated heterocycles. The maximum Gasteiger partial charge on any atom is 0.339 e. The van der Waals surface area contributed by atoms with Crippen LogP contribution < -0.4 is 0 Å². The molecule has 1 atom stereocenters. The van der Waals surface area contributed by atoms with Crippen LogP contribution in [0.4, 0.5) is 5.69 Å². The Morgan fingerprint density at radius 2 is 2.08 bits per heavy atom. The van der Waals surface area contributed by atoms with Gasteiger partial charge >= 0.3 is 5.97 Å². The lowest BCUT2D eigenvalue weighted by Gasteiger charge is -2.26. The summed E-state index contributed by atoms with van der Waals surface area (Å²) in [5, 5.41) is 10.9. The second-order valence-corrected chi connectivity index (χ2v) is 8.25. The second-order valence-electron chi connectivity index (χ2n) is 6.02. The minimum absolute atomic E-state index is 0.0125. The van der Waals surface area contributed by atoms with Gasteiger partial charge < -0.3 is 9.64 Å². The van der Waals surface area contributed by atoms with E-state index in [4.69, 9.17) is 4.74 Å². The van der Waals surface area contributed by atoms with Gasteiger partial charge in [-0.05, 0) is 26.3 Å². The van der Waals surface area contributed by atoms with Crippen LogP contribution in [0.3, 0.4) is 0 Å². The molecule has 10 heteroatoms. The average Bonchev–Trinajstić information content (AvgIpc) is 2.93. The Labute approximate surface area is 151 Å². The third-order valence-electron chi connectivity index (χ3n) is 4.36. The number of nitrogens with zero attached hydrogens (tertiary/aromatic N) is 2. The molecule has 1 aliphatic heterocycles. The number of esters is 1. The van der Waals surface area contributed by atoms with Crippen LogP contribution in [0, 0.1) is 17.0 Å². The van der Waals surface area contributed by atoms with Crippen LogP contribution in [0.15, 0.2) is 18.2 Å². The third kappa shape index (κ3) is 4.37. The van der Waals surface area contributed by atoms with Gasteiger partial charge in [-0.3, -0.25) is 14.9 Å². The van der Waals surface area contributed by atoms with E-state index in [1.54, 1.807) is 6.92 Å². The lowest BCUT2D eigenvalue weighted by Crippen LogP contribution is -2.43. The molecule has 0 bridgehead atoms. The van der Waals surface area contributed by atoms with Crippen molar-refractivity contribution < 1.29 is 27.7 Å². The Balaban J connectivity index is 2.03. The maximum atomic E-state index is 12.3. The molecule has 0 aliphatic carbocycles. The van der Waals surface area contributed by atoms with Gasteiger partial charge in [0, 0.05) is 24.2 Å². The van der Waals surface area contributed by atoms with Crippen LogP contribution in [0.25, 0.3) is 0 Å². The molecule has 2 rings (SSSR count). The first-order valence-electron chi connectivity index (χ1n) is 8.07. The highest BCUT2D eigenvalue weighted by Gasteiger charge is 2.34. The van der Waals surface area contributed by atoms with E-state index in [2.05, 4.69) is 0 Å². The first-order valence-corrected chi connectivity index (χ1v) is 9.89. The summed E-state index contributed by atoms with van der Waals surface area (Å²) in [6.07, 6.45) is 0.361. The summed E-state index contributed by atoms with van der Waals surface area (Å²) in [6, 6.07) is 3.61. The molecule has 0 N–H and O–H groups in total. The predicted octanol–water partition coefficient (Wildman–Crippen LogP) is 1.10. The average molecular weight is 384 g/mol. The number of ether oxygens (including phenoxy) is 1. The van der Waals surface area contributed by atoms with Crippen molar-refractivity contribution in [3.05, 3.63) is 39.4 Å². The van der Waals surface area contributed by atoms with E-state index in [9.17, 15) is 28.1 Å². The van der Waals surface area contributed by atoms with Crippen LogP contribution in [0.1, 0.15) is 29.3 Å². The van der Waals surface area contributed by atoms with Gasteiger partial charge in [0.2, 0.25) is 0 Å². The molecule has 9 nitrogen and oxygen atoms in total. The quantitative estimate of drug-likeness (QED) is 0.408. The molecule has 0 aromatic heterocycles. The van der Waals surface area contributed by atoms with E-state index in [0.29, 0.717) is 13.0 Å². The smallest absolute Gasteiger partial charge is 0.339 e. The summed E-state index contributed by atoms with van der Waals surface area (Å²) in [6.45, 7) is 2.89. The number of nitro groups is 1. The molecule has 26 heavy (non-hydrogen) atoms. The van der Waals surface area contributed by atoms with Gasteiger partial charge in [0.15, 0.2) is 16.4 Å². The van der Waals surface area contributed by atoms with Crippen molar-refractivity contribution >= 4 is 27.4 Å². The third-order valence-corrected chi connectivity index (χ3v) is 6.11. The minimum atomic E-state index is -3.14. The highest BCUT2D eigenvalue weighted by atomic mass is 32.2. The molecule has 0 saturated carbocycles. The number of benzene rings is 1. The van der Waals surface area contributed by atoms with Crippen molar-refractivity contribution in [1.29, 1.82) is 0 Å². The summed E-state index contributed by atoms with van der Waals surface area (Å²) in [5.41, 5.74) is -0.0419. The van der Waals surface area contributed by atoms with E-state index in [0.717, 1.165) is 0 Å². The number of hydrogen-bond acceptors (Lipinski definition) is 7. The summed E-state index contributed by atoms with van der Waals surface area (Å²) in [5.74, 6) is -1.39. The Hall–Kier alpha value is -2.49. The Bertz CT molecular complexity index is 835. The van der Waals surface area contributed by atoms with Crippen LogP contribution in [-0.2, 0) is 19.4 Å². The first kappa shape index (κ1) is 19.8. The summed E-state index contributed by atoms with van der Waals surface area (Å²) in [4.78, 5) is 36.2. The zero-order valence-electron chi connectivity index (χ0n) is 14.5. The van der Waals surface area contributed by atoms with Crippen molar-refractivity contribution in [2.75, 3.05) is 24.7 Å². The lowest BCUT2D eigenvalue weighted by atomic mass is 10.1. The van der Waals surface area contributed by atoms with Crippen molar-refractivity contribution in [1.82, 2.24) is 4.90 Å². The van der Waals surface area contributed by atoms with Crippen LogP contribution in [0.2, 0.25) is 0 Å². The summed E-state index contributed by atoms with van der Waals surface area (Å²) >= 11 is 0. The van der Waals surface area contributed by atoms with Gasteiger partial charge in [-0.1, -0.05) is 6.07 Å². The topological polar surface area (TPSA) is 124 Å². The second kappa shape index (κ2) is 7.81. The number of likely N-dealkylation sites (N-methyl/N-ethyl adjacent to an activating group) is 1. The highest BCUT2D eigenvalue weighted by molar-refractivity contribution is 7.91. The summed E-state index contributed by atoms with van der Waals surface area (Å²) in [7, 11) is -3.14. The molecule has 1 aromatic rings. The Morgan fingerprint density at radius 1 is 1.38 bits per heavy atom. The minimum Gasteiger partial charge on any atom is -0.452 e. The van der Waals surface area contributed by atoms with E-state index in [1.165, 1.54) is 30.0 Å². The molecule has 142 valence electrons. The SMILES string of the molecule is CCN(C(=O)COC(=O)c1cccc([N+](=O)[O-])c1C)[C@H]1CCS(=O)(=O)C1. The maximum absolute atomic E-state index is 12.3. The highest BCUT2D eigenvalue weighted by Crippen LogP contribution is 2.22. The number of rotatable bonds is 6. The number of sulfone groups is 1. The Morgan fingerprint density at radius 3 is 2.62 bits per heavy atom. The van der Waals surface area contributed by atoms with Crippen molar-refractivity contribution in [3.63, 3.8) is 0 Å². The molecular formula is C16H20N2O7S. The Kier molecular flexibility index (Phi) is 5.96. The fourth-order valence-corrected chi connectivity index (χ4v) is 4.72. The molecule has 1 fully saturated rings. The molecule has 0 spiro atoms. The number of carbonyl (C=O) groups excluding carboxylic acids is 2. The number of hydrogen-bond donors (Lipinski definition) is 0. The molecule has 0 radical (unpaired) electrons. The van der Waals surface area contributed by atoms with Crippen molar-refractivity contribution in [2.45, 2.75) is 26.3 Å². The lowest BCUT2D eigenvalue weighted by molar-refractivity contribution is -0.385. The summed E-state index contributed by atoms with van der Waals surface area (Å²) < 4.78 is 28.2. The fraction of sp³-hybridized carbons (Fsp3) is 0.500. The zero-order chi connectivity index (χ0) is 19.5.